The van der Waals surface area contributed by atoms with Crippen molar-refractivity contribution in [3.05, 3.63) is 63.8 Å². The molecule has 0 atom stereocenters. The summed E-state index contributed by atoms with van der Waals surface area (Å²) in [6.45, 7) is 0.528. The zero-order chi connectivity index (χ0) is 13.7. The molecular formula is C13H13N3O3. The number of aliphatic hydroxyl groups is 1. The lowest BCUT2D eigenvalue weighted by Gasteiger charge is -2.06. The Hall–Kier alpha value is -2.47. The number of nitrogens with one attached hydrogen (secondary N) is 1. The van der Waals surface area contributed by atoms with Crippen molar-refractivity contribution in [2.45, 2.75) is 13.2 Å². The van der Waals surface area contributed by atoms with Crippen LogP contribution in [0.4, 0.5) is 11.5 Å². The molecule has 0 aliphatic heterocycles. The van der Waals surface area contributed by atoms with Gasteiger partial charge in [0, 0.05) is 18.8 Å². The molecule has 0 aliphatic rings. The Balaban J connectivity index is 2.01. The van der Waals surface area contributed by atoms with Gasteiger partial charge in [0.1, 0.15) is 5.82 Å². The average Bonchev–Trinajstić information content (AvgIpc) is 2.46. The van der Waals surface area contributed by atoms with Crippen molar-refractivity contribution in [3.63, 3.8) is 0 Å². The Morgan fingerprint density at radius 1 is 1.21 bits per heavy atom. The lowest BCUT2D eigenvalue weighted by molar-refractivity contribution is -0.384. The molecule has 1 heterocycles. The molecule has 0 amide bonds. The predicted molar refractivity (Wildman–Crippen MR) is 70.6 cm³/mol. The number of nitro groups is 1. The highest BCUT2D eigenvalue weighted by atomic mass is 16.6. The van der Waals surface area contributed by atoms with Crippen LogP contribution in [-0.4, -0.2) is 15.0 Å². The third-order valence-electron chi connectivity index (χ3n) is 2.63. The summed E-state index contributed by atoms with van der Waals surface area (Å²) in [5, 5.41) is 22.6. The molecule has 6 heteroatoms. The van der Waals surface area contributed by atoms with E-state index in [0.29, 0.717) is 12.4 Å². The van der Waals surface area contributed by atoms with Crippen molar-refractivity contribution >= 4 is 11.5 Å². The van der Waals surface area contributed by atoms with Crippen LogP contribution in [0.5, 0.6) is 0 Å². The summed E-state index contributed by atoms with van der Waals surface area (Å²) < 4.78 is 0. The standard InChI is InChI=1S/C13H13N3O3/c17-9-11-3-1-10(2-4-11)8-15-13-7-12(16(18)19)5-6-14-13/h1-7,17H,8-9H2,(H,14,15). The van der Waals surface area contributed by atoms with Crippen LogP contribution in [-0.2, 0) is 13.2 Å². The number of aliphatic hydroxyl groups excluding tert-OH is 1. The monoisotopic (exact) mass is 259 g/mol. The van der Waals surface area contributed by atoms with Gasteiger partial charge < -0.3 is 10.4 Å². The quantitative estimate of drug-likeness (QED) is 0.634. The van der Waals surface area contributed by atoms with Gasteiger partial charge in [-0.25, -0.2) is 4.98 Å². The van der Waals surface area contributed by atoms with Gasteiger partial charge in [0.2, 0.25) is 0 Å². The maximum Gasteiger partial charge on any atom is 0.274 e. The van der Waals surface area contributed by atoms with E-state index >= 15 is 0 Å². The molecule has 2 rings (SSSR count). The molecule has 2 aromatic rings. The van der Waals surface area contributed by atoms with Crippen LogP contribution in [0.25, 0.3) is 0 Å². The predicted octanol–water partition coefficient (Wildman–Crippen LogP) is 2.09. The molecule has 0 radical (unpaired) electrons. The minimum atomic E-state index is -0.455. The smallest absolute Gasteiger partial charge is 0.274 e. The number of pyridine rings is 1. The fraction of sp³-hybridized carbons (Fsp3) is 0.154. The molecule has 0 unspecified atom stereocenters. The van der Waals surface area contributed by atoms with E-state index < -0.39 is 4.92 Å². The van der Waals surface area contributed by atoms with E-state index in [9.17, 15) is 10.1 Å². The number of hydrogen-bond acceptors (Lipinski definition) is 5. The number of nitrogens with zero attached hydrogens (tertiary/aromatic N) is 2. The van der Waals surface area contributed by atoms with Crippen LogP contribution < -0.4 is 5.32 Å². The molecule has 0 spiro atoms. The van der Waals surface area contributed by atoms with Gasteiger partial charge in [-0.15, -0.1) is 0 Å². The highest BCUT2D eigenvalue weighted by Gasteiger charge is 2.06. The Bertz CT molecular complexity index is 570. The summed E-state index contributed by atoms with van der Waals surface area (Å²) in [6.07, 6.45) is 1.40. The zero-order valence-electron chi connectivity index (χ0n) is 10.1. The minimum Gasteiger partial charge on any atom is -0.392 e. The van der Waals surface area contributed by atoms with Gasteiger partial charge in [0.05, 0.1) is 17.6 Å². The van der Waals surface area contributed by atoms with Gasteiger partial charge >= 0.3 is 0 Å². The van der Waals surface area contributed by atoms with Crippen molar-refractivity contribution in [1.29, 1.82) is 0 Å². The van der Waals surface area contributed by atoms with Crippen LogP contribution >= 0.6 is 0 Å². The number of aromatic nitrogens is 1. The second kappa shape index (κ2) is 5.92. The maximum absolute atomic E-state index is 10.6. The maximum atomic E-state index is 10.6. The van der Waals surface area contributed by atoms with Gasteiger partial charge in [0.15, 0.2) is 0 Å². The number of rotatable bonds is 5. The fourth-order valence-electron chi connectivity index (χ4n) is 1.58. The summed E-state index contributed by atoms with van der Waals surface area (Å²) >= 11 is 0. The molecule has 0 fully saturated rings. The lowest BCUT2D eigenvalue weighted by Crippen LogP contribution is -2.02. The molecule has 1 aromatic carbocycles. The Kier molecular flexibility index (Phi) is 4.04. The molecule has 1 aromatic heterocycles. The molecule has 6 nitrogen and oxygen atoms in total. The molecule has 2 N–H and O–H groups in total. The molecule has 19 heavy (non-hydrogen) atoms. The molecular weight excluding hydrogens is 246 g/mol. The summed E-state index contributed by atoms with van der Waals surface area (Å²) in [6, 6.07) is 10.2. The highest BCUT2D eigenvalue weighted by Crippen LogP contribution is 2.15. The topological polar surface area (TPSA) is 88.3 Å². The van der Waals surface area contributed by atoms with E-state index in [-0.39, 0.29) is 12.3 Å². The summed E-state index contributed by atoms with van der Waals surface area (Å²) in [5.74, 6) is 0.459. The van der Waals surface area contributed by atoms with Gasteiger partial charge in [-0.05, 0) is 11.1 Å². The van der Waals surface area contributed by atoms with Crippen LogP contribution in [0.15, 0.2) is 42.6 Å². The number of benzene rings is 1. The SMILES string of the molecule is O=[N+]([O-])c1ccnc(NCc2ccc(CO)cc2)c1. The third kappa shape index (κ3) is 3.49. The summed E-state index contributed by atoms with van der Waals surface area (Å²) in [7, 11) is 0. The van der Waals surface area contributed by atoms with Crippen LogP contribution in [0.2, 0.25) is 0 Å². The Morgan fingerprint density at radius 2 is 1.89 bits per heavy atom. The molecule has 98 valence electrons. The first kappa shape index (κ1) is 13.0. The van der Waals surface area contributed by atoms with Gasteiger partial charge in [0.25, 0.3) is 5.69 Å². The second-order valence-corrected chi connectivity index (χ2v) is 3.98. The third-order valence-corrected chi connectivity index (χ3v) is 2.63. The van der Waals surface area contributed by atoms with Crippen molar-refractivity contribution < 1.29 is 10.0 Å². The molecule has 0 bridgehead atoms. The molecule has 0 saturated heterocycles. The first-order valence-corrected chi connectivity index (χ1v) is 5.72. The fourth-order valence-corrected chi connectivity index (χ4v) is 1.58. The lowest BCUT2D eigenvalue weighted by atomic mass is 10.1. The van der Waals surface area contributed by atoms with Gasteiger partial charge in [-0.3, -0.25) is 10.1 Å². The molecule has 0 aliphatic carbocycles. The number of anilines is 1. The van der Waals surface area contributed by atoms with Crippen LogP contribution in [0.3, 0.4) is 0 Å². The highest BCUT2D eigenvalue weighted by molar-refractivity contribution is 5.44. The van der Waals surface area contributed by atoms with Crippen LogP contribution in [0.1, 0.15) is 11.1 Å². The van der Waals surface area contributed by atoms with E-state index in [1.807, 2.05) is 24.3 Å². The van der Waals surface area contributed by atoms with E-state index in [1.165, 1.54) is 18.3 Å². The van der Waals surface area contributed by atoms with Crippen molar-refractivity contribution in [2.75, 3.05) is 5.32 Å². The second-order valence-electron chi connectivity index (χ2n) is 3.98. The Morgan fingerprint density at radius 3 is 2.53 bits per heavy atom. The first-order chi connectivity index (χ1) is 9.19. The summed E-state index contributed by atoms with van der Waals surface area (Å²) in [4.78, 5) is 14.2. The molecule has 0 saturated carbocycles. The van der Waals surface area contributed by atoms with Gasteiger partial charge in [-0.1, -0.05) is 24.3 Å². The normalized spacial score (nSPS) is 10.2. The van der Waals surface area contributed by atoms with Gasteiger partial charge in [-0.2, -0.15) is 0 Å². The van der Waals surface area contributed by atoms with Crippen molar-refractivity contribution in [3.8, 4) is 0 Å². The van der Waals surface area contributed by atoms with Crippen LogP contribution in [0, 0.1) is 10.1 Å². The minimum absolute atomic E-state index is 0.00753. The van der Waals surface area contributed by atoms with Crippen molar-refractivity contribution in [2.24, 2.45) is 0 Å². The summed E-state index contributed by atoms with van der Waals surface area (Å²) in [5.41, 5.74) is 1.86. The van der Waals surface area contributed by atoms with E-state index in [1.54, 1.807) is 0 Å². The first-order valence-electron chi connectivity index (χ1n) is 5.72. The van der Waals surface area contributed by atoms with E-state index in [2.05, 4.69) is 10.3 Å². The van der Waals surface area contributed by atoms with Crippen molar-refractivity contribution in [1.82, 2.24) is 4.98 Å². The zero-order valence-corrected chi connectivity index (χ0v) is 10.1. The number of hydrogen-bond donors (Lipinski definition) is 2. The Labute approximate surface area is 109 Å². The van der Waals surface area contributed by atoms with E-state index in [0.717, 1.165) is 11.1 Å². The average molecular weight is 259 g/mol. The van der Waals surface area contributed by atoms with E-state index in [4.69, 9.17) is 5.11 Å². The largest absolute Gasteiger partial charge is 0.392 e.